The number of hydrogen-bond donors (Lipinski definition) is 2. The number of hydrogen-bond acceptors (Lipinski definition) is 4. The molecule has 3 aromatic rings. The molecule has 3 aromatic heterocycles. The summed E-state index contributed by atoms with van der Waals surface area (Å²) in [6.07, 6.45) is 21.5. The second-order valence-electron chi connectivity index (χ2n) is 10.0. The van der Waals surface area contributed by atoms with E-state index >= 15 is 0 Å². The fraction of sp³-hybridized carbons (Fsp3) is 0.265. The third kappa shape index (κ3) is 7.01. The standard InChI is InChI=1S/C34H40N6/c1-7-19-40-23-32(38-33(40)20-24(3)17-18-35-6)27(8-2)21-29-13-10-12-28(16-15-25(29)4)30-22-36-39-34(30)31-14-9-11-26(5)37-31/h8-16,21-23,35H,3-4,7,17-20H2,1-2,5-6H3,(H,36,39)/b13-10+,16-15-,27-8+,28-12-,29-21-. The molecule has 0 atom stereocenters. The van der Waals surface area contributed by atoms with Crippen LogP contribution in [0.2, 0.25) is 0 Å². The second kappa shape index (κ2) is 13.7. The number of rotatable bonds is 11. The average molecular weight is 533 g/mol. The van der Waals surface area contributed by atoms with E-state index in [0.717, 1.165) is 88.8 Å². The lowest BCUT2D eigenvalue weighted by Crippen LogP contribution is -2.10. The maximum atomic E-state index is 5.04. The van der Waals surface area contributed by atoms with E-state index in [4.69, 9.17) is 4.98 Å². The minimum absolute atomic E-state index is 0.784. The molecule has 0 bridgehead atoms. The Morgan fingerprint density at radius 2 is 2.02 bits per heavy atom. The summed E-state index contributed by atoms with van der Waals surface area (Å²) in [5.74, 6) is 1.06. The van der Waals surface area contributed by atoms with Crippen LogP contribution in [0.5, 0.6) is 0 Å². The highest BCUT2D eigenvalue weighted by Gasteiger charge is 2.14. The van der Waals surface area contributed by atoms with Gasteiger partial charge in [-0.15, -0.1) is 0 Å². The first-order valence-electron chi connectivity index (χ1n) is 13.9. The normalized spacial score (nSPS) is 17.8. The maximum absolute atomic E-state index is 5.04. The molecule has 0 fully saturated rings. The lowest BCUT2D eigenvalue weighted by Gasteiger charge is -2.09. The molecule has 0 aliphatic heterocycles. The molecule has 1 aliphatic rings. The van der Waals surface area contributed by atoms with Crippen LogP contribution in [0, 0.1) is 6.92 Å². The van der Waals surface area contributed by atoms with E-state index in [9.17, 15) is 0 Å². The van der Waals surface area contributed by atoms with E-state index < -0.39 is 0 Å². The number of allylic oxidation sites excluding steroid dienone is 11. The van der Waals surface area contributed by atoms with Crippen LogP contribution >= 0.6 is 0 Å². The van der Waals surface area contributed by atoms with Crippen molar-refractivity contribution in [3.8, 4) is 11.4 Å². The Balaban J connectivity index is 1.60. The summed E-state index contributed by atoms with van der Waals surface area (Å²) >= 11 is 0. The fourth-order valence-electron chi connectivity index (χ4n) is 4.66. The zero-order valence-corrected chi connectivity index (χ0v) is 24.2. The molecule has 0 aromatic carbocycles. The Hall–Kier alpha value is -4.29. The highest BCUT2D eigenvalue weighted by atomic mass is 15.1. The largest absolute Gasteiger partial charge is 0.334 e. The van der Waals surface area contributed by atoms with Gasteiger partial charge in [0.2, 0.25) is 0 Å². The number of nitrogens with one attached hydrogen (secondary N) is 2. The molecular formula is C34H40N6. The lowest BCUT2D eigenvalue weighted by molar-refractivity contribution is 0.640. The van der Waals surface area contributed by atoms with Gasteiger partial charge in [0.05, 0.1) is 23.3 Å². The zero-order chi connectivity index (χ0) is 28.5. The van der Waals surface area contributed by atoms with Crippen LogP contribution in [0.3, 0.4) is 0 Å². The topological polar surface area (TPSA) is 71.4 Å². The van der Waals surface area contributed by atoms with E-state index in [0.29, 0.717) is 0 Å². The predicted octanol–water partition coefficient (Wildman–Crippen LogP) is 7.19. The average Bonchev–Trinajstić information content (AvgIpc) is 3.58. The minimum atomic E-state index is 0.784. The molecular weight excluding hydrogens is 492 g/mol. The quantitative estimate of drug-likeness (QED) is 0.256. The first-order chi connectivity index (χ1) is 19.4. The van der Waals surface area contributed by atoms with Gasteiger partial charge in [0.25, 0.3) is 0 Å². The van der Waals surface area contributed by atoms with Crippen molar-refractivity contribution in [2.45, 2.75) is 46.6 Å². The van der Waals surface area contributed by atoms with Gasteiger partial charge in [0, 0.05) is 30.4 Å². The van der Waals surface area contributed by atoms with Crippen LogP contribution in [-0.4, -0.2) is 38.3 Å². The van der Waals surface area contributed by atoms with Crippen molar-refractivity contribution in [1.82, 2.24) is 30.0 Å². The van der Waals surface area contributed by atoms with Gasteiger partial charge in [0.15, 0.2) is 0 Å². The molecule has 1 aliphatic carbocycles. The van der Waals surface area contributed by atoms with Gasteiger partial charge < -0.3 is 9.88 Å². The van der Waals surface area contributed by atoms with Crippen LogP contribution in [0.4, 0.5) is 0 Å². The number of nitrogens with zero attached hydrogens (tertiary/aromatic N) is 4. The van der Waals surface area contributed by atoms with Crippen molar-refractivity contribution in [3.05, 3.63) is 126 Å². The van der Waals surface area contributed by atoms with Crippen molar-refractivity contribution < 1.29 is 0 Å². The van der Waals surface area contributed by atoms with Gasteiger partial charge in [0.1, 0.15) is 5.82 Å². The van der Waals surface area contributed by atoms with Crippen LogP contribution in [-0.2, 0) is 13.0 Å². The summed E-state index contributed by atoms with van der Waals surface area (Å²) < 4.78 is 2.27. The van der Waals surface area contributed by atoms with Crippen molar-refractivity contribution in [2.75, 3.05) is 13.6 Å². The molecule has 0 amide bonds. The number of aromatic nitrogens is 5. The van der Waals surface area contributed by atoms with Gasteiger partial charge in [-0.25, -0.2) is 4.98 Å². The van der Waals surface area contributed by atoms with Crippen molar-refractivity contribution in [1.29, 1.82) is 0 Å². The van der Waals surface area contributed by atoms with E-state index in [1.54, 1.807) is 0 Å². The molecule has 3 heterocycles. The molecule has 206 valence electrons. The van der Waals surface area contributed by atoms with E-state index in [1.807, 2.05) is 38.4 Å². The Bertz CT molecular complexity index is 1520. The van der Waals surface area contributed by atoms with E-state index in [-0.39, 0.29) is 0 Å². The number of aryl methyl sites for hydroxylation is 2. The Morgan fingerprint density at radius 3 is 2.77 bits per heavy atom. The van der Waals surface area contributed by atoms with Gasteiger partial charge in [-0.2, -0.15) is 5.10 Å². The SMILES string of the molecule is C=C(CCNC)Cc1nc(C(/C=C2/C=C/C=C(c3cn[nH]c3-c3cccc(C)n3)/C=C\C2=C)=C/C)cn1CCC. The zero-order valence-electron chi connectivity index (χ0n) is 24.2. The third-order valence-electron chi connectivity index (χ3n) is 6.86. The molecule has 6 heteroatoms. The van der Waals surface area contributed by atoms with Gasteiger partial charge in [-0.1, -0.05) is 68.2 Å². The third-order valence-corrected chi connectivity index (χ3v) is 6.86. The molecule has 40 heavy (non-hydrogen) atoms. The second-order valence-corrected chi connectivity index (χ2v) is 10.0. The van der Waals surface area contributed by atoms with Crippen LogP contribution < -0.4 is 5.32 Å². The number of aromatic amines is 1. The summed E-state index contributed by atoms with van der Waals surface area (Å²) in [5.41, 5.74) is 9.97. The summed E-state index contributed by atoms with van der Waals surface area (Å²) in [4.78, 5) is 9.71. The van der Waals surface area contributed by atoms with Crippen molar-refractivity contribution >= 4 is 11.1 Å². The molecule has 2 N–H and O–H groups in total. The fourth-order valence-corrected chi connectivity index (χ4v) is 4.66. The Kier molecular flexibility index (Phi) is 9.81. The molecule has 6 nitrogen and oxygen atoms in total. The highest BCUT2D eigenvalue weighted by Crippen LogP contribution is 2.30. The van der Waals surface area contributed by atoms with Gasteiger partial charge >= 0.3 is 0 Å². The van der Waals surface area contributed by atoms with Crippen LogP contribution in [0.1, 0.15) is 49.5 Å². The lowest BCUT2D eigenvalue weighted by atomic mass is 9.96. The van der Waals surface area contributed by atoms with E-state index in [2.05, 4.69) is 101 Å². The first-order valence-corrected chi connectivity index (χ1v) is 13.9. The molecule has 4 rings (SSSR count). The molecule has 0 unspecified atom stereocenters. The van der Waals surface area contributed by atoms with E-state index in [1.165, 1.54) is 5.57 Å². The van der Waals surface area contributed by atoms with Crippen molar-refractivity contribution in [2.24, 2.45) is 0 Å². The maximum Gasteiger partial charge on any atom is 0.113 e. The Labute approximate surface area is 238 Å². The number of H-pyrrole nitrogens is 1. The molecule has 0 saturated heterocycles. The smallest absolute Gasteiger partial charge is 0.113 e. The van der Waals surface area contributed by atoms with Crippen molar-refractivity contribution in [3.63, 3.8) is 0 Å². The van der Waals surface area contributed by atoms with Gasteiger partial charge in [-0.05, 0) is 80.8 Å². The van der Waals surface area contributed by atoms with Gasteiger partial charge in [-0.3, -0.25) is 10.1 Å². The monoisotopic (exact) mass is 532 g/mol. The summed E-state index contributed by atoms with van der Waals surface area (Å²) in [6.45, 7) is 16.7. The summed E-state index contributed by atoms with van der Waals surface area (Å²) in [6, 6.07) is 6.00. The predicted molar refractivity (Wildman–Crippen MR) is 168 cm³/mol. The molecule has 0 radical (unpaired) electrons. The van der Waals surface area contributed by atoms with Crippen LogP contribution in [0.15, 0.2) is 103 Å². The Morgan fingerprint density at radius 1 is 1.18 bits per heavy atom. The van der Waals surface area contributed by atoms with Crippen LogP contribution in [0.25, 0.3) is 22.5 Å². The summed E-state index contributed by atoms with van der Waals surface area (Å²) in [5, 5.41) is 10.6. The summed E-state index contributed by atoms with van der Waals surface area (Å²) in [7, 11) is 1.97. The molecule has 0 saturated carbocycles. The molecule has 0 spiro atoms. The number of pyridine rings is 1. The first kappa shape index (κ1) is 28.7. The highest BCUT2D eigenvalue weighted by molar-refractivity contribution is 5.84. The minimum Gasteiger partial charge on any atom is -0.334 e. The number of imidazole rings is 1.